The number of aliphatic hydroxyl groups is 1. The van der Waals surface area contributed by atoms with Gasteiger partial charge in [0.2, 0.25) is 5.91 Å². The zero-order chi connectivity index (χ0) is 17.7. The molecule has 1 aromatic rings. The molecule has 1 aliphatic heterocycles. The minimum atomic E-state index is -0.809. The maximum absolute atomic E-state index is 12.7. The lowest BCUT2D eigenvalue weighted by molar-refractivity contribution is -0.137. The Morgan fingerprint density at radius 1 is 1.20 bits per heavy atom. The van der Waals surface area contributed by atoms with E-state index in [4.69, 9.17) is 0 Å². The minimum absolute atomic E-state index is 0.0489. The monoisotopic (exact) mass is 342 g/mol. The Hall–Kier alpha value is -2.13. The van der Waals surface area contributed by atoms with E-state index in [1.807, 2.05) is 4.90 Å². The third-order valence-electron chi connectivity index (χ3n) is 5.32. The smallest absolute Gasteiger partial charge is 0.225 e. The molecule has 0 aromatic carbocycles. The highest BCUT2D eigenvalue weighted by molar-refractivity contribution is 5.77. The first kappa shape index (κ1) is 17.7. The van der Waals surface area contributed by atoms with Gasteiger partial charge in [-0.25, -0.2) is 4.98 Å². The predicted molar refractivity (Wildman–Crippen MR) is 95.0 cm³/mol. The predicted octanol–water partition coefficient (Wildman–Crippen LogP) is 2.08. The maximum atomic E-state index is 12.7. The molecule has 0 unspecified atom stereocenters. The average molecular weight is 342 g/mol. The number of pyridine rings is 1. The second-order valence-corrected chi connectivity index (χ2v) is 7.17. The highest BCUT2D eigenvalue weighted by atomic mass is 16.3. The second-order valence-electron chi connectivity index (χ2n) is 7.17. The summed E-state index contributed by atoms with van der Waals surface area (Å²) in [5.74, 6) is 0.748. The Balaban J connectivity index is 1.61. The zero-order valence-corrected chi connectivity index (χ0v) is 14.7. The van der Waals surface area contributed by atoms with E-state index in [1.165, 1.54) is 0 Å². The number of carbonyl (C=O) groups is 1. The van der Waals surface area contributed by atoms with Crippen molar-refractivity contribution in [3.63, 3.8) is 0 Å². The standard InChI is InChI=1S/C19H26N4O2/c20-15-16-6-4-9-21-18(16)23-11-5-10-22(12-13-23)17(24)14-19(25)7-2-1-3-8-19/h4,6,9,25H,1-3,5,7-8,10-14H2. The summed E-state index contributed by atoms with van der Waals surface area (Å²) in [6.07, 6.45) is 7.41. The zero-order valence-electron chi connectivity index (χ0n) is 14.7. The van der Waals surface area contributed by atoms with E-state index in [-0.39, 0.29) is 12.3 Å². The molecule has 0 spiro atoms. The first-order valence-corrected chi connectivity index (χ1v) is 9.21. The van der Waals surface area contributed by atoms with Gasteiger partial charge >= 0.3 is 0 Å². The Labute approximate surface area is 149 Å². The summed E-state index contributed by atoms with van der Waals surface area (Å²) >= 11 is 0. The van der Waals surface area contributed by atoms with E-state index in [9.17, 15) is 15.2 Å². The van der Waals surface area contributed by atoms with Gasteiger partial charge in [-0.05, 0) is 31.4 Å². The van der Waals surface area contributed by atoms with Gasteiger partial charge in [0.1, 0.15) is 11.9 Å². The summed E-state index contributed by atoms with van der Waals surface area (Å²) in [6.45, 7) is 2.74. The van der Waals surface area contributed by atoms with E-state index in [0.29, 0.717) is 31.0 Å². The Kier molecular flexibility index (Phi) is 5.54. The molecule has 0 radical (unpaired) electrons. The van der Waals surface area contributed by atoms with Crippen LogP contribution in [0.2, 0.25) is 0 Å². The Bertz CT molecular complexity index is 649. The van der Waals surface area contributed by atoms with Crippen molar-refractivity contribution in [3.8, 4) is 6.07 Å². The van der Waals surface area contributed by atoms with Crippen LogP contribution in [0.5, 0.6) is 0 Å². The number of amides is 1. The number of nitrogens with zero attached hydrogens (tertiary/aromatic N) is 4. The number of hydrogen-bond acceptors (Lipinski definition) is 5. The van der Waals surface area contributed by atoms with Gasteiger partial charge in [0.15, 0.2) is 0 Å². The van der Waals surface area contributed by atoms with Crippen LogP contribution in [0, 0.1) is 11.3 Å². The van der Waals surface area contributed by atoms with Crippen LogP contribution in [-0.2, 0) is 4.79 Å². The van der Waals surface area contributed by atoms with E-state index >= 15 is 0 Å². The molecule has 0 bridgehead atoms. The molecule has 2 aliphatic rings. The summed E-state index contributed by atoms with van der Waals surface area (Å²) in [5, 5.41) is 19.9. The SMILES string of the molecule is N#Cc1cccnc1N1CCCN(C(=O)CC2(O)CCCCC2)CC1. The van der Waals surface area contributed by atoms with Crippen molar-refractivity contribution in [3.05, 3.63) is 23.9 Å². The van der Waals surface area contributed by atoms with Crippen LogP contribution in [0.4, 0.5) is 5.82 Å². The van der Waals surface area contributed by atoms with E-state index in [1.54, 1.807) is 18.3 Å². The molecule has 1 aromatic heterocycles. The van der Waals surface area contributed by atoms with Gasteiger partial charge in [0.25, 0.3) is 0 Å². The van der Waals surface area contributed by atoms with Gasteiger partial charge in [0, 0.05) is 32.4 Å². The van der Waals surface area contributed by atoms with Crippen LogP contribution in [-0.4, -0.2) is 52.7 Å². The van der Waals surface area contributed by atoms with Crippen molar-refractivity contribution in [1.29, 1.82) is 5.26 Å². The fraction of sp³-hybridized carbons (Fsp3) is 0.632. The highest BCUT2D eigenvalue weighted by Gasteiger charge is 2.33. The quantitative estimate of drug-likeness (QED) is 0.909. The number of nitriles is 1. The molecule has 3 rings (SSSR count). The maximum Gasteiger partial charge on any atom is 0.225 e. The number of hydrogen-bond donors (Lipinski definition) is 1. The molecule has 25 heavy (non-hydrogen) atoms. The number of rotatable bonds is 3. The normalized spacial score (nSPS) is 20.6. The van der Waals surface area contributed by atoms with E-state index in [2.05, 4.69) is 16.0 Å². The van der Waals surface area contributed by atoms with E-state index < -0.39 is 5.60 Å². The summed E-state index contributed by atoms with van der Waals surface area (Å²) < 4.78 is 0. The van der Waals surface area contributed by atoms with Crippen LogP contribution in [0.15, 0.2) is 18.3 Å². The third-order valence-corrected chi connectivity index (χ3v) is 5.32. The van der Waals surface area contributed by atoms with Gasteiger partial charge < -0.3 is 14.9 Å². The molecule has 134 valence electrons. The van der Waals surface area contributed by atoms with Gasteiger partial charge in [-0.3, -0.25) is 4.79 Å². The topological polar surface area (TPSA) is 80.5 Å². The molecule has 6 heteroatoms. The minimum Gasteiger partial charge on any atom is -0.389 e. The summed E-state index contributed by atoms with van der Waals surface area (Å²) in [6, 6.07) is 5.73. The first-order valence-electron chi connectivity index (χ1n) is 9.21. The largest absolute Gasteiger partial charge is 0.389 e. The lowest BCUT2D eigenvalue weighted by Crippen LogP contribution is -2.42. The summed E-state index contributed by atoms with van der Waals surface area (Å²) in [4.78, 5) is 21.0. The van der Waals surface area contributed by atoms with Gasteiger partial charge in [-0.15, -0.1) is 0 Å². The van der Waals surface area contributed by atoms with Crippen molar-refractivity contribution >= 4 is 11.7 Å². The van der Waals surface area contributed by atoms with Crippen molar-refractivity contribution in [2.24, 2.45) is 0 Å². The van der Waals surface area contributed by atoms with Crippen LogP contribution < -0.4 is 4.90 Å². The van der Waals surface area contributed by atoms with E-state index in [0.717, 1.165) is 45.1 Å². The number of anilines is 1. The van der Waals surface area contributed by atoms with Crippen LogP contribution in [0.1, 0.15) is 50.5 Å². The molecule has 1 saturated heterocycles. The molecule has 2 fully saturated rings. The molecule has 2 heterocycles. The van der Waals surface area contributed by atoms with Crippen molar-refractivity contribution in [2.45, 2.75) is 50.5 Å². The Morgan fingerprint density at radius 3 is 2.76 bits per heavy atom. The molecular formula is C19H26N4O2. The molecular weight excluding hydrogens is 316 g/mol. The highest BCUT2D eigenvalue weighted by Crippen LogP contribution is 2.31. The second kappa shape index (κ2) is 7.83. The Morgan fingerprint density at radius 2 is 2.00 bits per heavy atom. The molecule has 1 amide bonds. The van der Waals surface area contributed by atoms with Crippen molar-refractivity contribution in [2.75, 3.05) is 31.1 Å². The van der Waals surface area contributed by atoms with Gasteiger partial charge in [0.05, 0.1) is 17.6 Å². The van der Waals surface area contributed by atoms with Gasteiger partial charge in [-0.1, -0.05) is 19.3 Å². The lowest BCUT2D eigenvalue weighted by Gasteiger charge is -2.33. The lowest BCUT2D eigenvalue weighted by atomic mass is 9.82. The molecule has 1 saturated carbocycles. The van der Waals surface area contributed by atoms with Crippen molar-refractivity contribution < 1.29 is 9.90 Å². The summed E-state index contributed by atoms with van der Waals surface area (Å²) in [5.41, 5.74) is -0.241. The fourth-order valence-corrected chi connectivity index (χ4v) is 3.89. The molecule has 1 N–H and O–H groups in total. The number of carbonyl (C=O) groups excluding carboxylic acids is 1. The third kappa shape index (κ3) is 4.29. The summed E-state index contributed by atoms with van der Waals surface area (Å²) in [7, 11) is 0. The molecule has 1 aliphatic carbocycles. The fourth-order valence-electron chi connectivity index (χ4n) is 3.89. The van der Waals surface area contributed by atoms with Crippen LogP contribution in [0.25, 0.3) is 0 Å². The number of aromatic nitrogens is 1. The molecule has 0 atom stereocenters. The molecule has 6 nitrogen and oxygen atoms in total. The first-order chi connectivity index (χ1) is 12.1. The van der Waals surface area contributed by atoms with Crippen LogP contribution >= 0.6 is 0 Å². The van der Waals surface area contributed by atoms with Crippen molar-refractivity contribution in [1.82, 2.24) is 9.88 Å². The van der Waals surface area contributed by atoms with Crippen LogP contribution in [0.3, 0.4) is 0 Å². The average Bonchev–Trinajstić information content (AvgIpc) is 2.88. The van der Waals surface area contributed by atoms with Gasteiger partial charge in [-0.2, -0.15) is 5.26 Å².